The molecule has 0 saturated heterocycles. The highest BCUT2D eigenvalue weighted by Crippen LogP contribution is 2.45. The van der Waals surface area contributed by atoms with E-state index in [0.717, 1.165) is 23.1 Å². The molecule has 1 atom stereocenters. The van der Waals surface area contributed by atoms with Crippen LogP contribution in [0.1, 0.15) is 48.4 Å². The van der Waals surface area contributed by atoms with Gasteiger partial charge in [-0.3, -0.25) is 0 Å². The quantitative estimate of drug-likeness (QED) is 0.247. The third kappa shape index (κ3) is 6.49. The number of hydrogen-bond acceptors (Lipinski definition) is 8. The van der Waals surface area contributed by atoms with Gasteiger partial charge in [-0.05, 0) is 73.2 Å². The molecule has 0 spiro atoms. The van der Waals surface area contributed by atoms with E-state index in [2.05, 4.69) is 19.9 Å². The van der Waals surface area contributed by atoms with Crippen molar-refractivity contribution in [2.45, 2.75) is 40.0 Å². The van der Waals surface area contributed by atoms with Crippen LogP contribution >= 0.6 is 0 Å². The molecule has 0 radical (unpaired) electrons. The maximum atomic E-state index is 12.5. The number of rotatable bonds is 10. The Kier molecular flexibility index (Phi) is 8.85. The molecule has 3 aromatic rings. The van der Waals surface area contributed by atoms with Crippen molar-refractivity contribution in [2.75, 3.05) is 20.3 Å². The van der Waals surface area contributed by atoms with Gasteiger partial charge >= 0.3 is 5.97 Å². The standard InChI is InChI=1S/C32H34N2O6/c1-19(2)12-13-37-27-11-7-22(15-29(27)36-5)31-25-10-9-24(16-28(25)40-32(34)26(31)17-33)39-30(35)18-38-23-8-6-20(3)21(4)14-23/h6-11,14-16,19,31H,12-13,18,34H2,1-5H3. The molecule has 1 heterocycles. The van der Waals surface area contributed by atoms with Crippen LogP contribution in [-0.4, -0.2) is 26.3 Å². The zero-order chi connectivity index (χ0) is 28.8. The lowest BCUT2D eigenvalue weighted by Crippen LogP contribution is -2.22. The van der Waals surface area contributed by atoms with Gasteiger partial charge in [0.1, 0.15) is 28.9 Å². The van der Waals surface area contributed by atoms with Gasteiger partial charge in [0.25, 0.3) is 0 Å². The number of nitriles is 1. The maximum Gasteiger partial charge on any atom is 0.349 e. The van der Waals surface area contributed by atoms with Crippen LogP contribution in [0.15, 0.2) is 66.1 Å². The molecule has 0 saturated carbocycles. The van der Waals surface area contributed by atoms with E-state index < -0.39 is 11.9 Å². The molecule has 1 aliphatic heterocycles. The van der Waals surface area contributed by atoms with Crippen LogP contribution in [0.3, 0.4) is 0 Å². The summed E-state index contributed by atoms with van der Waals surface area (Å²) in [6.45, 7) is 8.57. The molecule has 1 unspecified atom stereocenters. The van der Waals surface area contributed by atoms with Gasteiger partial charge in [-0.2, -0.15) is 5.26 Å². The van der Waals surface area contributed by atoms with Gasteiger partial charge in [0.05, 0.1) is 19.6 Å². The van der Waals surface area contributed by atoms with E-state index in [9.17, 15) is 10.1 Å². The van der Waals surface area contributed by atoms with Gasteiger partial charge in [-0.15, -0.1) is 0 Å². The Balaban J connectivity index is 1.54. The highest BCUT2D eigenvalue weighted by molar-refractivity contribution is 5.74. The van der Waals surface area contributed by atoms with Gasteiger partial charge in [-0.25, -0.2) is 4.79 Å². The molecular formula is C32H34N2O6. The van der Waals surface area contributed by atoms with E-state index in [0.29, 0.717) is 41.1 Å². The Morgan fingerprint density at radius 3 is 2.48 bits per heavy atom. The Bertz CT molecular complexity index is 1470. The highest BCUT2D eigenvalue weighted by Gasteiger charge is 2.32. The fraction of sp³-hybridized carbons (Fsp3) is 0.312. The summed E-state index contributed by atoms with van der Waals surface area (Å²) in [5.41, 5.74) is 10.1. The number of carbonyl (C=O) groups is 1. The molecule has 2 N–H and O–H groups in total. The largest absolute Gasteiger partial charge is 0.493 e. The van der Waals surface area contributed by atoms with Gasteiger partial charge in [0, 0.05) is 11.6 Å². The van der Waals surface area contributed by atoms with E-state index in [1.165, 1.54) is 0 Å². The molecule has 0 aliphatic carbocycles. The number of nitrogens with zero attached hydrogens (tertiary/aromatic N) is 1. The number of fused-ring (bicyclic) bond motifs is 1. The molecule has 1 aliphatic rings. The first-order valence-corrected chi connectivity index (χ1v) is 13.1. The second kappa shape index (κ2) is 12.5. The summed E-state index contributed by atoms with van der Waals surface area (Å²) in [6, 6.07) is 18.4. The number of methoxy groups -OCH3 is 1. The molecule has 8 heteroatoms. The number of allylic oxidation sites excluding steroid dienone is 1. The van der Waals surface area contributed by atoms with E-state index in [4.69, 9.17) is 29.4 Å². The van der Waals surface area contributed by atoms with Gasteiger partial charge < -0.3 is 29.4 Å². The van der Waals surface area contributed by atoms with Crippen LogP contribution in [0.25, 0.3) is 0 Å². The fourth-order valence-corrected chi connectivity index (χ4v) is 4.34. The molecule has 0 amide bonds. The van der Waals surface area contributed by atoms with Crippen LogP contribution in [0.2, 0.25) is 0 Å². The van der Waals surface area contributed by atoms with Gasteiger partial charge in [0.2, 0.25) is 5.88 Å². The average Bonchev–Trinajstić information content (AvgIpc) is 2.92. The van der Waals surface area contributed by atoms with Gasteiger partial charge in [0.15, 0.2) is 18.1 Å². The smallest absolute Gasteiger partial charge is 0.349 e. The number of nitrogens with two attached hydrogens (primary N) is 1. The minimum absolute atomic E-state index is 0.0159. The molecule has 208 valence electrons. The number of ether oxygens (including phenoxy) is 5. The molecule has 0 aromatic heterocycles. The number of aryl methyl sites for hydroxylation is 2. The normalized spacial score (nSPS) is 14.2. The van der Waals surface area contributed by atoms with Crippen molar-refractivity contribution in [2.24, 2.45) is 11.7 Å². The van der Waals surface area contributed by atoms with Crippen LogP contribution in [0.5, 0.6) is 28.7 Å². The minimum atomic E-state index is -0.565. The monoisotopic (exact) mass is 542 g/mol. The van der Waals surface area contributed by atoms with Crippen LogP contribution in [0.4, 0.5) is 0 Å². The average molecular weight is 543 g/mol. The summed E-state index contributed by atoms with van der Waals surface area (Å²) in [6.07, 6.45) is 0.917. The van der Waals surface area contributed by atoms with Crippen LogP contribution in [-0.2, 0) is 4.79 Å². The lowest BCUT2D eigenvalue weighted by Gasteiger charge is -2.27. The van der Waals surface area contributed by atoms with Crippen molar-refractivity contribution < 1.29 is 28.5 Å². The summed E-state index contributed by atoms with van der Waals surface area (Å²) in [7, 11) is 1.58. The first-order chi connectivity index (χ1) is 19.2. The number of esters is 1. The minimum Gasteiger partial charge on any atom is -0.493 e. The Morgan fingerprint density at radius 2 is 1.77 bits per heavy atom. The summed E-state index contributed by atoms with van der Waals surface area (Å²) >= 11 is 0. The van der Waals surface area contributed by atoms with E-state index in [1.54, 1.807) is 25.3 Å². The van der Waals surface area contributed by atoms with E-state index in [-0.39, 0.29) is 23.8 Å². The Hall–Kier alpha value is -4.64. The second-order valence-electron chi connectivity index (χ2n) is 10.1. The van der Waals surface area contributed by atoms with Crippen molar-refractivity contribution in [1.29, 1.82) is 5.26 Å². The Morgan fingerprint density at radius 1 is 1.00 bits per heavy atom. The third-order valence-corrected chi connectivity index (χ3v) is 6.73. The summed E-state index contributed by atoms with van der Waals surface area (Å²) < 4.78 is 28.4. The van der Waals surface area contributed by atoms with Crippen molar-refractivity contribution in [3.63, 3.8) is 0 Å². The topological polar surface area (TPSA) is 113 Å². The van der Waals surface area contributed by atoms with Crippen LogP contribution < -0.4 is 29.4 Å². The zero-order valence-corrected chi connectivity index (χ0v) is 23.4. The first kappa shape index (κ1) is 28.4. The predicted molar refractivity (Wildman–Crippen MR) is 151 cm³/mol. The lowest BCUT2D eigenvalue weighted by atomic mass is 9.83. The summed E-state index contributed by atoms with van der Waals surface area (Å²) in [5.74, 6) is 1.85. The number of benzene rings is 3. The molecule has 3 aromatic carbocycles. The molecule has 0 bridgehead atoms. The zero-order valence-electron chi connectivity index (χ0n) is 23.4. The van der Waals surface area contributed by atoms with Gasteiger partial charge in [-0.1, -0.05) is 32.0 Å². The SMILES string of the molecule is COc1cc(C2C(C#N)=C(N)Oc3cc(OC(=O)COc4ccc(C)c(C)c4)ccc32)ccc1OCCC(C)C. The summed E-state index contributed by atoms with van der Waals surface area (Å²) in [5, 5.41) is 9.92. The van der Waals surface area contributed by atoms with Crippen molar-refractivity contribution >= 4 is 5.97 Å². The molecular weight excluding hydrogens is 508 g/mol. The fourth-order valence-electron chi connectivity index (χ4n) is 4.34. The molecule has 8 nitrogen and oxygen atoms in total. The maximum absolute atomic E-state index is 12.5. The van der Waals surface area contributed by atoms with E-state index >= 15 is 0 Å². The Labute approximate surface area is 234 Å². The third-order valence-electron chi connectivity index (χ3n) is 6.73. The number of hydrogen-bond donors (Lipinski definition) is 1. The molecule has 4 rings (SSSR count). The molecule has 40 heavy (non-hydrogen) atoms. The summed E-state index contributed by atoms with van der Waals surface area (Å²) in [4.78, 5) is 12.5. The second-order valence-corrected chi connectivity index (χ2v) is 10.1. The number of carbonyl (C=O) groups excluding carboxylic acids is 1. The van der Waals surface area contributed by atoms with E-state index in [1.807, 2.05) is 50.2 Å². The van der Waals surface area contributed by atoms with Crippen LogP contribution in [0, 0.1) is 31.1 Å². The lowest BCUT2D eigenvalue weighted by molar-refractivity contribution is -0.136. The van der Waals surface area contributed by atoms with Crippen molar-refractivity contribution in [1.82, 2.24) is 0 Å². The predicted octanol–water partition coefficient (Wildman–Crippen LogP) is 5.94. The molecule has 0 fully saturated rings. The van der Waals surface area contributed by atoms with Crippen molar-refractivity contribution in [3.05, 3.63) is 88.3 Å². The van der Waals surface area contributed by atoms with Crippen molar-refractivity contribution in [3.8, 4) is 34.8 Å². The highest BCUT2D eigenvalue weighted by atomic mass is 16.6. The first-order valence-electron chi connectivity index (χ1n) is 13.1.